The van der Waals surface area contributed by atoms with E-state index < -0.39 is 17.5 Å². The third kappa shape index (κ3) is 2.59. The third-order valence-electron chi connectivity index (χ3n) is 2.03. The Hall–Kier alpha value is -2.09. The number of aliphatic carboxylic acids is 1. The lowest BCUT2D eigenvalue weighted by molar-refractivity contribution is -0.133. The summed E-state index contributed by atoms with van der Waals surface area (Å²) in [4.78, 5) is 22.0. The first-order chi connectivity index (χ1) is 8.58. The molecule has 0 aliphatic heterocycles. The molecule has 2 rings (SSSR count). The number of nitrogens with one attached hydrogen (secondary N) is 1. The quantitative estimate of drug-likeness (QED) is 0.804. The number of hydrogen-bond donors (Lipinski definition) is 2. The van der Waals surface area contributed by atoms with E-state index in [0.717, 1.165) is 16.3 Å². The van der Waals surface area contributed by atoms with Gasteiger partial charge < -0.3 is 5.11 Å². The zero-order valence-electron chi connectivity index (χ0n) is 8.96. The van der Waals surface area contributed by atoms with Gasteiger partial charge in [0.05, 0.1) is 11.4 Å². The Morgan fingerprint density at radius 3 is 3.00 bits per heavy atom. The molecule has 1 aromatic carbocycles. The molecule has 0 fully saturated rings. The largest absolute Gasteiger partial charge is 0.481 e. The van der Waals surface area contributed by atoms with Crippen molar-refractivity contribution in [2.75, 3.05) is 5.75 Å². The highest BCUT2D eigenvalue weighted by Gasteiger charge is 2.12. The van der Waals surface area contributed by atoms with Gasteiger partial charge in [-0.05, 0) is 18.2 Å². The summed E-state index contributed by atoms with van der Waals surface area (Å²) in [6, 6.07) is 5.40. The van der Waals surface area contributed by atoms with Crippen LogP contribution in [-0.2, 0) is 4.79 Å². The smallest absolute Gasteiger partial charge is 0.348 e. The van der Waals surface area contributed by atoms with Crippen molar-refractivity contribution in [1.29, 1.82) is 0 Å². The van der Waals surface area contributed by atoms with Crippen molar-refractivity contribution in [2.45, 2.75) is 5.16 Å². The van der Waals surface area contributed by atoms with Crippen LogP contribution in [0.5, 0.6) is 0 Å². The van der Waals surface area contributed by atoms with E-state index in [0.29, 0.717) is 5.69 Å². The molecular weight excluding hydrogens is 261 g/mol. The van der Waals surface area contributed by atoms with Crippen LogP contribution in [0, 0.1) is 5.82 Å². The van der Waals surface area contributed by atoms with Gasteiger partial charge in [0.2, 0.25) is 0 Å². The van der Waals surface area contributed by atoms with Crippen molar-refractivity contribution in [2.24, 2.45) is 0 Å². The first-order valence-electron chi connectivity index (χ1n) is 4.86. The van der Waals surface area contributed by atoms with E-state index in [1.807, 2.05) is 0 Å². The van der Waals surface area contributed by atoms with E-state index >= 15 is 0 Å². The summed E-state index contributed by atoms with van der Waals surface area (Å²) in [5.41, 5.74) is -0.255. The third-order valence-corrected chi connectivity index (χ3v) is 2.96. The minimum atomic E-state index is -1.03. The van der Waals surface area contributed by atoms with Gasteiger partial charge in [-0.3, -0.25) is 4.79 Å². The van der Waals surface area contributed by atoms with Crippen LogP contribution in [0.15, 0.2) is 34.2 Å². The number of hydrogen-bond acceptors (Lipinski definition) is 4. The maximum Gasteiger partial charge on any atom is 0.348 e. The van der Waals surface area contributed by atoms with Crippen LogP contribution in [0.4, 0.5) is 4.39 Å². The maximum absolute atomic E-state index is 13.1. The molecule has 0 spiro atoms. The molecule has 0 atom stereocenters. The van der Waals surface area contributed by atoms with E-state index in [4.69, 9.17) is 5.11 Å². The molecular formula is C10H8FN3O3S. The summed E-state index contributed by atoms with van der Waals surface area (Å²) in [5, 5.41) is 14.7. The Morgan fingerprint density at radius 2 is 2.33 bits per heavy atom. The fourth-order valence-electron chi connectivity index (χ4n) is 1.35. The normalized spacial score (nSPS) is 10.5. The van der Waals surface area contributed by atoms with Crippen LogP contribution in [0.25, 0.3) is 5.69 Å². The molecule has 0 aliphatic rings. The number of aromatic amines is 1. The predicted molar refractivity (Wildman–Crippen MR) is 62.5 cm³/mol. The number of halogens is 1. The Bertz CT molecular complexity index is 637. The topological polar surface area (TPSA) is 88.0 Å². The highest BCUT2D eigenvalue weighted by Crippen LogP contribution is 2.17. The van der Waals surface area contributed by atoms with Gasteiger partial charge in [-0.15, -0.1) is 5.10 Å². The molecule has 0 saturated heterocycles. The summed E-state index contributed by atoms with van der Waals surface area (Å²) in [6.07, 6.45) is 0. The number of carboxylic acid groups (broad SMARTS) is 1. The van der Waals surface area contributed by atoms with Crippen molar-refractivity contribution in [1.82, 2.24) is 14.8 Å². The Kier molecular flexibility index (Phi) is 3.47. The number of carboxylic acids is 1. The molecule has 8 heteroatoms. The van der Waals surface area contributed by atoms with E-state index in [-0.39, 0.29) is 10.9 Å². The minimum Gasteiger partial charge on any atom is -0.481 e. The second-order valence-electron chi connectivity index (χ2n) is 3.31. The van der Waals surface area contributed by atoms with Gasteiger partial charge in [0.25, 0.3) is 0 Å². The monoisotopic (exact) mass is 269 g/mol. The average Bonchev–Trinajstić information content (AvgIpc) is 2.68. The zero-order chi connectivity index (χ0) is 13.1. The molecule has 2 N–H and O–H groups in total. The zero-order valence-corrected chi connectivity index (χ0v) is 9.78. The standard InChI is InChI=1S/C10H8FN3O3S/c11-6-2-1-3-7(4-6)14-9(17)12-13-10(14)18-5-8(15)16/h1-4H,5H2,(H,12,17)(H,15,16). The van der Waals surface area contributed by atoms with Crippen molar-refractivity contribution >= 4 is 17.7 Å². The Labute approximate surface area is 104 Å². The molecule has 0 aliphatic carbocycles. The number of nitrogens with zero attached hydrogens (tertiary/aromatic N) is 2. The van der Waals surface area contributed by atoms with Crippen LogP contribution >= 0.6 is 11.8 Å². The minimum absolute atomic E-state index is 0.174. The highest BCUT2D eigenvalue weighted by molar-refractivity contribution is 7.99. The van der Waals surface area contributed by atoms with Crippen molar-refractivity contribution in [3.8, 4) is 5.69 Å². The van der Waals surface area contributed by atoms with Crippen LogP contribution < -0.4 is 5.69 Å². The van der Waals surface area contributed by atoms with Gasteiger partial charge in [0.1, 0.15) is 5.82 Å². The van der Waals surface area contributed by atoms with E-state index in [1.165, 1.54) is 24.3 Å². The molecule has 0 unspecified atom stereocenters. The molecule has 1 heterocycles. The summed E-state index contributed by atoms with van der Waals surface area (Å²) in [6.45, 7) is 0. The fourth-order valence-corrected chi connectivity index (χ4v) is 2.03. The lowest BCUT2D eigenvalue weighted by atomic mass is 10.3. The van der Waals surface area contributed by atoms with Gasteiger partial charge >= 0.3 is 11.7 Å². The number of rotatable bonds is 4. The van der Waals surface area contributed by atoms with Gasteiger partial charge in [-0.25, -0.2) is 18.9 Å². The van der Waals surface area contributed by atoms with Gasteiger partial charge in [0, 0.05) is 0 Å². The van der Waals surface area contributed by atoms with Gasteiger partial charge in [0.15, 0.2) is 5.16 Å². The summed E-state index contributed by atoms with van der Waals surface area (Å²) in [7, 11) is 0. The molecule has 94 valence electrons. The summed E-state index contributed by atoms with van der Waals surface area (Å²) < 4.78 is 14.2. The molecule has 18 heavy (non-hydrogen) atoms. The van der Waals surface area contributed by atoms with Crippen molar-refractivity contribution < 1.29 is 14.3 Å². The lowest BCUT2D eigenvalue weighted by Gasteiger charge is -2.04. The van der Waals surface area contributed by atoms with Crippen LogP contribution in [0.1, 0.15) is 0 Å². The lowest BCUT2D eigenvalue weighted by Crippen LogP contribution is -2.16. The first kappa shape index (κ1) is 12.4. The highest BCUT2D eigenvalue weighted by atomic mass is 32.2. The van der Waals surface area contributed by atoms with E-state index in [9.17, 15) is 14.0 Å². The number of benzene rings is 1. The van der Waals surface area contributed by atoms with Crippen molar-refractivity contribution in [3.63, 3.8) is 0 Å². The fraction of sp³-hybridized carbons (Fsp3) is 0.100. The summed E-state index contributed by atoms with van der Waals surface area (Å²) >= 11 is 0.875. The van der Waals surface area contributed by atoms with Crippen LogP contribution in [-0.4, -0.2) is 31.6 Å². The molecule has 6 nitrogen and oxygen atoms in total. The van der Waals surface area contributed by atoms with Crippen LogP contribution in [0.2, 0.25) is 0 Å². The first-order valence-corrected chi connectivity index (χ1v) is 5.84. The second kappa shape index (κ2) is 5.05. The molecule has 0 saturated carbocycles. The molecule has 1 aromatic heterocycles. The second-order valence-corrected chi connectivity index (χ2v) is 4.25. The molecule has 0 bridgehead atoms. The maximum atomic E-state index is 13.1. The van der Waals surface area contributed by atoms with Crippen LogP contribution in [0.3, 0.4) is 0 Å². The van der Waals surface area contributed by atoms with E-state index in [1.54, 1.807) is 0 Å². The average molecular weight is 269 g/mol. The van der Waals surface area contributed by atoms with Crippen molar-refractivity contribution in [3.05, 3.63) is 40.6 Å². The predicted octanol–water partition coefficient (Wildman–Crippen LogP) is 0.876. The SMILES string of the molecule is O=C(O)CSc1n[nH]c(=O)n1-c1cccc(F)c1. The van der Waals surface area contributed by atoms with Gasteiger partial charge in [-0.2, -0.15) is 0 Å². The molecule has 2 aromatic rings. The van der Waals surface area contributed by atoms with Gasteiger partial charge in [-0.1, -0.05) is 17.8 Å². The Balaban J connectivity index is 2.40. The number of thioether (sulfide) groups is 1. The number of aromatic nitrogens is 3. The molecule has 0 amide bonds. The molecule has 0 radical (unpaired) electrons. The number of carbonyl (C=O) groups is 1. The van der Waals surface area contributed by atoms with E-state index in [2.05, 4.69) is 10.2 Å². The number of H-pyrrole nitrogens is 1. The summed E-state index contributed by atoms with van der Waals surface area (Å²) in [5.74, 6) is -1.75. The Morgan fingerprint density at radius 1 is 1.56 bits per heavy atom.